The lowest BCUT2D eigenvalue weighted by atomic mass is 10.0. The maximum atomic E-state index is 4.41. The van der Waals surface area contributed by atoms with Crippen LogP contribution >= 0.6 is 11.3 Å². The fraction of sp³-hybridized carbons (Fsp3) is 0.737. The number of guanidine groups is 1. The van der Waals surface area contributed by atoms with E-state index in [2.05, 4.69) is 49.9 Å². The Hall–Kier alpha value is -1.27. The van der Waals surface area contributed by atoms with Crippen molar-refractivity contribution in [2.24, 2.45) is 10.9 Å². The van der Waals surface area contributed by atoms with Crippen molar-refractivity contribution in [1.29, 1.82) is 0 Å². The summed E-state index contributed by atoms with van der Waals surface area (Å²) in [5, 5.41) is 10.7. The molecular formula is C19H33N5S. The number of thiophene rings is 1. The van der Waals surface area contributed by atoms with Gasteiger partial charge < -0.3 is 20.4 Å². The highest BCUT2D eigenvalue weighted by molar-refractivity contribution is 7.14. The number of piperidine rings is 2. The van der Waals surface area contributed by atoms with Crippen LogP contribution in [-0.4, -0.2) is 63.2 Å². The summed E-state index contributed by atoms with van der Waals surface area (Å²) in [4.78, 5) is 9.49. The number of rotatable bonds is 5. The van der Waals surface area contributed by atoms with Crippen LogP contribution in [0.15, 0.2) is 22.5 Å². The van der Waals surface area contributed by atoms with Gasteiger partial charge in [-0.15, -0.1) is 11.3 Å². The van der Waals surface area contributed by atoms with E-state index in [4.69, 9.17) is 0 Å². The second-order valence-electron chi connectivity index (χ2n) is 7.40. The number of nitrogens with zero attached hydrogens (tertiary/aromatic N) is 3. The smallest absolute Gasteiger partial charge is 0.191 e. The minimum atomic E-state index is 0.525. The molecule has 2 saturated heterocycles. The number of anilines is 1. The monoisotopic (exact) mass is 363 g/mol. The molecule has 6 heteroatoms. The van der Waals surface area contributed by atoms with Crippen molar-refractivity contribution in [2.45, 2.75) is 38.6 Å². The maximum absolute atomic E-state index is 4.41. The summed E-state index contributed by atoms with van der Waals surface area (Å²) in [6, 6.07) is 4.89. The van der Waals surface area contributed by atoms with Crippen molar-refractivity contribution in [3.8, 4) is 0 Å². The van der Waals surface area contributed by atoms with Gasteiger partial charge in [-0.1, -0.05) is 6.92 Å². The van der Waals surface area contributed by atoms with Crippen LogP contribution in [0.2, 0.25) is 0 Å². The van der Waals surface area contributed by atoms with Gasteiger partial charge in [0.25, 0.3) is 0 Å². The van der Waals surface area contributed by atoms with Crippen LogP contribution in [0.3, 0.4) is 0 Å². The van der Waals surface area contributed by atoms with Crippen LogP contribution in [0.4, 0.5) is 5.00 Å². The average molecular weight is 364 g/mol. The molecule has 3 rings (SSSR count). The first-order chi connectivity index (χ1) is 12.2. The quantitative estimate of drug-likeness (QED) is 0.623. The normalized spacial score (nSPS) is 23.7. The SMILES string of the molecule is CN=C(NCCN1CCCC(C)C1)NC1CCN(c2cccs2)CC1. The number of likely N-dealkylation sites (tertiary alicyclic amines) is 1. The first kappa shape index (κ1) is 18.5. The first-order valence-electron chi connectivity index (χ1n) is 9.72. The third-order valence-corrected chi connectivity index (χ3v) is 6.27. The van der Waals surface area contributed by atoms with E-state index < -0.39 is 0 Å². The van der Waals surface area contributed by atoms with Crippen LogP contribution < -0.4 is 15.5 Å². The second kappa shape index (κ2) is 9.43. The minimum Gasteiger partial charge on any atom is -0.363 e. The molecule has 1 aromatic heterocycles. The molecular weight excluding hydrogens is 330 g/mol. The zero-order valence-electron chi connectivity index (χ0n) is 15.7. The van der Waals surface area contributed by atoms with E-state index in [1.165, 1.54) is 43.8 Å². The Kier molecular flexibility index (Phi) is 6.99. The van der Waals surface area contributed by atoms with Gasteiger partial charge in [0.1, 0.15) is 0 Å². The highest BCUT2D eigenvalue weighted by Crippen LogP contribution is 2.24. The summed E-state index contributed by atoms with van der Waals surface area (Å²) in [7, 11) is 1.87. The first-order valence-corrected chi connectivity index (χ1v) is 10.6. The van der Waals surface area contributed by atoms with Crippen molar-refractivity contribution in [3.05, 3.63) is 17.5 Å². The van der Waals surface area contributed by atoms with E-state index in [1.54, 1.807) is 0 Å². The maximum Gasteiger partial charge on any atom is 0.191 e. The van der Waals surface area contributed by atoms with E-state index in [-0.39, 0.29) is 0 Å². The Morgan fingerprint density at radius 2 is 2.12 bits per heavy atom. The van der Waals surface area contributed by atoms with Gasteiger partial charge in [-0.3, -0.25) is 4.99 Å². The zero-order valence-corrected chi connectivity index (χ0v) is 16.5. The fourth-order valence-electron chi connectivity index (χ4n) is 3.90. The Balaban J connectivity index is 1.35. The number of hydrogen-bond acceptors (Lipinski definition) is 4. The average Bonchev–Trinajstić information content (AvgIpc) is 3.16. The summed E-state index contributed by atoms with van der Waals surface area (Å²) in [6.45, 7) is 9.20. The minimum absolute atomic E-state index is 0.525. The van der Waals surface area contributed by atoms with Gasteiger partial charge in [-0.2, -0.15) is 0 Å². The predicted octanol–water partition coefficient (Wildman–Crippen LogP) is 2.61. The van der Waals surface area contributed by atoms with Crippen LogP contribution in [0.25, 0.3) is 0 Å². The molecule has 2 aliphatic heterocycles. The Bertz CT molecular complexity index is 522. The molecule has 0 radical (unpaired) electrons. The van der Waals surface area contributed by atoms with Crippen LogP contribution in [0.5, 0.6) is 0 Å². The molecule has 0 amide bonds. The predicted molar refractivity (Wildman–Crippen MR) is 109 cm³/mol. The molecule has 2 fully saturated rings. The van der Waals surface area contributed by atoms with Gasteiger partial charge in [0.05, 0.1) is 5.00 Å². The highest BCUT2D eigenvalue weighted by atomic mass is 32.1. The summed E-state index contributed by atoms with van der Waals surface area (Å²) in [6.07, 6.45) is 5.07. The molecule has 1 atom stereocenters. The molecule has 0 aromatic carbocycles. The molecule has 0 aliphatic carbocycles. The number of nitrogens with one attached hydrogen (secondary N) is 2. The molecule has 0 spiro atoms. The summed E-state index contributed by atoms with van der Waals surface area (Å²) in [5.74, 6) is 1.80. The molecule has 0 bridgehead atoms. The number of hydrogen-bond donors (Lipinski definition) is 2. The number of aliphatic imine (C=N–C) groups is 1. The summed E-state index contributed by atoms with van der Waals surface area (Å²) >= 11 is 1.84. The van der Waals surface area contributed by atoms with Gasteiger partial charge in [0.15, 0.2) is 5.96 Å². The molecule has 2 N–H and O–H groups in total. The van der Waals surface area contributed by atoms with Gasteiger partial charge in [-0.25, -0.2) is 0 Å². The van der Waals surface area contributed by atoms with Crippen LogP contribution in [0, 0.1) is 5.92 Å². The van der Waals surface area contributed by atoms with Crippen molar-refractivity contribution < 1.29 is 0 Å². The van der Waals surface area contributed by atoms with Gasteiger partial charge in [0, 0.05) is 45.8 Å². The van der Waals surface area contributed by atoms with Crippen LogP contribution in [-0.2, 0) is 0 Å². The van der Waals surface area contributed by atoms with E-state index >= 15 is 0 Å². The molecule has 25 heavy (non-hydrogen) atoms. The van der Waals surface area contributed by atoms with Gasteiger partial charge in [0.2, 0.25) is 0 Å². The van der Waals surface area contributed by atoms with Crippen molar-refractivity contribution >= 4 is 22.3 Å². The summed E-state index contributed by atoms with van der Waals surface area (Å²) < 4.78 is 0. The fourth-order valence-corrected chi connectivity index (χ4v) is 4.69. The van der Waals surface area contributed by atoms with Gasteiger partial charge in [-0.05, 0) is 55.7 Å². The Morgan fingerprint density at radius 3 is 2.80 bits per heavy atom. The molecule has 2 aliphatic rings. The largest absolute Gasteiger partial charge is 0.363 e. The summed E-state index contributed by atoms with van der Waals surface area (Å²) in [5.41, 5.74) is 0. The standard InChI is InChI=1S/C19H33N5S/c1-16-5-3-10-23(15-16)13-9-21-19(20-2)22-17-7-11-24(12-8-17)18-6-4-14-25-18/h4,6,14,16-17H,3,5,7-13,15H2,1-2H3,(H2,20,21,22). The lowest BCUT2D eigenvalue weighted by Crippen LogP contribution is -2.50. The molecule has 1 aromatic rings. The highest BCUT2D eigenvalue weighted by Gasteiger charge is 2.21. The van der Waals surface area contributed by atoms with Crippen molar-refractivity contribution in [1.82, 2.24) is 15.5 Å². The van der Waals surface area contributed by atoms with Gasteiger partial charge >= 0.3 is 0 Å². The second-order valence-corrected chi connectivity index (χ2v) is 8.33. The Labute approximate surface area is 156 Å². The van der Waals surface area contributed by atoms with E-state index in [1.807, 2.05) is 18.4 Å². The van der Waals surface area contributed by atoms with Crippen molar-refractivity contribution in [2.75, 3.05) is 51.2 Å². The molecule has 5 nitrogen and oxygen atoms in total. The lowest BCUT2D eigenvalue weighted by molar-refractivity contribution is 0.186. The lowest BCUT2D eigenvalue weighted by Gasteiger charge is -2.34. The molecule has 140 valence electrons. The van der Waals surface area contributed by atoms with Crippen LogP contribution in [0.1, 0.15) is 32.6 Å². The topological polar surface area (TPSA) is 42.9 Å². The third-order valence-electron chi connectivity index (χ3n) is 5.34. The van der Waals surface area contributed by atoms with Crippen molar-refractivity contribution in [3.63, 3.8) is 0 Å². The third kappa shape index (κ3) is 5.61. The molecule has 0 saturated carbocycles. The zero-order chi connectivity index (χ0) is 17.5. The van der Waals surface area contributed by atoms with E-state index in [0.29, 0.717) is 6.04 Å². The van der Waals surface area contributed by atoms with E-state index in [0.717, 1.165) is 38.1 Å². The Morgan fingerprint density at radius 1 is 1.28 bits per heavy atom. The molecule has 3 heterocycles. The molecule has 1 unspecified atom stereocenters. The van der Waals surface area contributed by atoms with E-state index in [9.17, 15) is 0 Å².